The molecule has 19 heavy (non-hydrogen) atoms. The van der Waals surface area contributed by atoms with Crippen molar-refractivity contribution in [2.75, 3.05) is 46.4 Å². The Balaban J connectivity index is 1.94. The van der Waals surface area contributed by atoms with E-state index in [2.05, 4.69) is 28.9 Å². The second-order valence-corrected chi connectivity index (χ2v) is 5.05. The Kier molecular flexibility index (Phi) is 5.19. The van der Waals surface area contributed by atoms with Gasteiger partial charge in [-0.25, -0.2) is 0 Å². The maximum Gasteiger partial charge on any atom is 0.119 e. The molecule has 0 unspecified atom stereocenters. The van der Waals surface area contributed by atoms with Crippen molar-refractivity contribution in [2.24, 2.45) is 0 Å². The van der Waals surface area contributed by atoms with E-state index in [1.807, 2.05) is 12.1 Å². The van der Waals surface area contributed by atoms with Gasteiger partial charge < -0.3 is 9.84 Å². The van der Waals surface area contributed by atoms with Gasteiger partial charge in [-0.15, -0.1) is 0 Å². The number of ether oxygens (including phenoxy) is 1. The molecule has 4 heteroatoms. The molecule has 4 nitrogen and oxygen atoms in total. The first-order chi connectivity index (χ1) is 9.24. The van der Waals surface area contributed by atoms with E-state index in [1.165, 1.54) is 5.56 Å². The zero-order valence-electron chi connectivity index (χ0n) is 11.9. The van der Waals surface area contributed by atoms with Crippen LogP contribution in [0.5, 0.6) is 5.75 Å². The fourth-order valence-electron chi connectivity index (χ4n) is 2.63. The first-order valence-corrected chi connectivity index (χ1v) is 6.96. The monoisotopic (exact) mass is 264 g/mol. The summed E-state index contributed by atoms with van der Waals surface area (Å²) in [6, 6.07) is 8.71. The van der Waals surface area contributed by atoms with Crippen LogP contribution in [0.15, 0.2) is 24.3 Å². The van der Waals surface area contributed by atoms with Crippen molar-refractivity contribution in [1.29, 1.82) is 0 Å². The fourth-order valence-corrected chi connectivity index (χ4v) is 2.63. The summed E-state index contributed by atoms with van der Waals surface area (Å²) in [4.78, 5) is 4.80. The summed E-state index contributed by atoms with van der Waals surface area (Å²) in [5.41, 5.74) is 1.30. The molecule has 1 atom stereocenters. The summed E-state index contributed by atoms with van der Waals surface area (Å²) >= 11 is 0. The Hall–Kier alpha value is -1.10. The van der Waals surface area contributed by atoms with Crippen LogP contribution in [0, 0.1) is 0 Å². The van der Waals surface area contributed by atoms with Crippen molar-refractivity contribution < 1.29 is 9.84 Å². The maximum absolute atomic E-state index is 8.96. The first kappa shape index (κ1) is 14.3. The van der Waals surface area contributed by atoms with Crippen molar-refractivity contribution in [2.45, 2.75) is 13.0 Å². The molecule has 1 fully saturated rings. The molecule has 1 heterocycles. The van der Waals surface area contributed by atoms with Crippen LogP contribution < -0.4 is 4.74 Å². The van der Waals surface area contributed by atoms with Crippen molar-refractivity contribution in [3.8, 4) is 5.75 Å². The van der Waals surface area contributed by atoms with Gasteiger partial charge in [-0.1, -0.05) is 12.1 Å². The average Bonchev–Trinajstić information content (AvgIpc) is 2.48. The van der Waals surface area contributed by atoms with Crippen LogP contribution in [0.25, 0.3) is 0 Å². The van der Waals surface area contributed by atoms with Crippen LogP contribution in [-0.2, 0) is 0 Å². The van der Waals surface area contributed by atoms with E-state index in [-0.39, 0.29) is 6.61 Å². The third kappa shape index (κ3) is 3.69. The molecule has 1 N–H and O–H groups in total. The second kappa shape index (κ2) is 6.89. The van der Waals surface area contributed by atoms with Gasteiger partial charge in [-0.05, 0) is 24.6 Å². The Morgan fingerprint density at radius 2 is 2.00 bits per heavy atom. The number of hydrogen-bond donors (Lipinski definition) is 1. The van der Waals surface area contributed by atoms with Gasteiger partial charge in [-0.3, -0.25) is 9.80 Å². The first-order valence-electron chi connectivity index (χ1n) is 6.96. The van der Waals surface area contributed by atoms with Crippen LogP contribution in [0.1, 0.15) is 18.5 Å². The van der Waals surface area contributed by atoms with Crippen molar-refractivity contribution in [3.63, 3.8) is 0 Å². The zero-order valence-corrected chi connectivity index (χ0v) is 11.9. The maximum atomic E-state index is 8.96. The van der Waals surface area contributed by atoms with Gasteiger partial charge in [0.25, 0.3) is 0 Å². The topological polar surface area (TPSA) is 35.9 Å². The highest BCUT2D eigenvalue weighted by molar-refractivity contribution is 5.30. The number of benzene rings is 1. The highest BCUT2D eigenvalue weighted by atomic mass is 16.5. The van der Waals surface area contributed by atoms with E-state index in [4.69, 9.17) is 9.84 Å². The summed E-state index contributed by atoms with van der Waals surface area (Å²) in [6.07, 6.45) is 0. The molecular weight excluding hydrogens is 240 g/mol. The van der Waals surface area contributed by atoms with E-state index in [9.17, 15) is 0 Å². The molecule has 0 aliphatic carbocycles. The molecule has 106 valence electrons. The lowest BCUT2D eigenvalue weighted by Gasteiger charge is -2.38. The van der Waals surface area contributed by atoms with Gasteiger partial charge >= 0.3 is 0 Å². The van der Waals surface area contributed by atoms with Crippen LogP contribution in [0.4, 0.5) is 0 Å². The number of rotatable bonds is 5. The van der Waals surface area contributed by atoms with Gasteiger partial charge in [0.1, 0.15) is 5.75 Å². The predicted molar refractivity (Wildman–Crippen MR) is 76.5 cm³/mol. The molecule has 0 radical (unpaired) electrons. The summed E-state index contributed by atoms with van der Waals surface area (Å²) in [6.45, 7) is 7.48. The minimum absolute atomic E-state index is 0.255. The number of hydrogen-bond acceptors (Lipinski definition) is 4. The van der Waals surface area contributed by atoms with Crippen molar-refractivity contribution >= 4 is 0 Å². The molecule has 1 aliphatic heterocycles. The highest BCUT2D eigenvalue weighted by Crippen LogP contribution is 2.24. The number of aliphatic hydroxyl groups is 1. The van der Waals surface area contributed by atoms with Crippen LogP contribution in [0.3, 0.4) is 0 Å². The number of aliphatic hydroxyl groups excluding tert-OH is 1. The molecule has 0 spiro atoms. The summed E-state index contributed by atoms with van der Waals surface area (Å²) < 4.78 is 5.29. The van der Waals surface area contributed by atoms with E-state index in [0.29, 0.717) is 6.04 Å². The van der Waals surface area contributed by atoms with Gasteiger partial charge in [0.05, 0.1) is 13.7 Å². The average molecular weight is 264 g/mol. The van der Waals surface area contributed by atoms with Crippen LogP contribution in [-0.4, -0.2) is 61.3 Å². The Morgan fingerprint density at radius 1 is 1.26 bits per heavy atom. The minimum Gasteiger partial charge on any atom is -0.497 e. The molecule has 1 aliphatic rings. The molecule has 0 bridgehead atoms. The Bertz CT molecular complexity index is 389. The molecule has 0 amide bonds. The minimum atomic E-state index is 0.255. The quantitative estimate of drug-likeness (QED) is 0.871. The van der Waals surface area contributed by atoms with E-state index < -0.39 is 0 Å². The molecular formula is C15H24N2O2. The van der Waals surface area contributed by atoms with Crippen molar-refractivity contribution in [3.05, 3.63) is 29.8 Å². The fraction of sp³-hybridized carbons (Fsp3) is 0.600. The molecule has 1 aromatic carbocycles. The highest BCUT2D eigenvalue weighted by Gasteiger charge is 2.21. The molecule has 2 rings (SSSR count). The number of β-amino-alcohol motifs (C(OH)–C–C–N with tert-alkyl or cyclic N) is 1. The predicted octanol–water partition coefficient (Wildman–Crippen LogP) is 1.37. The summed E-state index contributed by atoms with van der Waals surface area (Å²) in [5.74, 6) is 0.920. The van der Waals surface area contributed by atoms with E-state index in [0.717, 1.165) is 38.5 Å². The Morgan fingerprint density at radius 3 is 2.63 bits per heavy atom. The number of methoxy groups -OCH3 is 1. The molecule has 1 saturated heterocycles. The smallest absolute Gasteiger partial charge is 0.119 e. The number of piperazine rings is 1. The van der Waals surface area contributed by atoms with E-state index in [1.54, 1.807) is 7.11 Å². The Labute approximate surface area is 115 Å². The molecule has 0 aromatic heterocycles. The molecule has 1 aromatic rings. The third-order valence-electron chi connectivity index (χ3n) is 3.95. The summed E-state index contributed by atoms with van der Waals surface area (Å²) in [7, 11) is 1.71. The third-order valence-corrected chi connectivity index (χ3v) is 3.95. The molecule has 0 saturated carbocycles. The number of nitrogens with zero attached hydrogens (tertiary/aromatic N) is 2. The lowest BCUT2D eigenvalue weighted by Crippen LogP contribution is -2.47. The van der Waals surface area contributed by atoms with Gasteiger partial charge in [0, 0.05) is 38.8 Å². The van der Waals surface area contributed by atoms with Gasteiger partial charge in [0.2, 0.25) is 0 Å². The van der Waals surface area contributed by atoms with Crippen LogP contribution >= 0.6 is 0 Å². The van der Waals surface area contributed by atoms with Crippen LogP contribution in [0.2, 0.25) is 0 Å². The largest absolute Gasteiger partial charge is 0.497 e. The summed E-state index contributed by atoms with van der Waals surface area (Å²) in [5, 5.41) is 8.96. The van der Waals surface area contributed by atoms with Crippen molar-refractivity contribution in [1.82, 2.24) is 9.80 Å². The lowest BCUT2D eigenvalue weighted by molar-refractivity contribution is 0.0887. The van der Waals surface area contributed by atoms with Gasteiger partial charge in [0.15, 0.2) is 0 Å². The second-order valence-electron chi connectivity index (χ2n) is 5.05. The van der Waals surface area contributed by atoms with E-state index >= 15 is 0 Å². The normalized spacial score (nSPS) is 19.3. The van der Waals surface area contributed by atoms with Gasteiger partial charge in [-0.2, -0.15) is 0 Å². The standard InChI is InChI=1S/C15H24N2O2/c1-13(14-4-3-5-15(12-14)19-2)17-8-6-16(7-9-17)10-11-18/h3-5,12-13,18H,6-11H2,1-2H3/t13-/m0/s1. The zero-order chi connectivity index (χ0) is 13.7. The SMILES string of the molecule is COc1cccc([C@H](C)N2CCN(CCO)CC2)c1. The lowest BCUT2D eigenvalue weighted by atomic mass is 10.1.